The lowest BCUT2D eigenvalue weighted by Gasteiger charge is -2.21. The van der Waals surface area contributed by atoms with E-state index in [9.17, 15) is 9.59 Å². The molecule has 5 nitrogen and oxygen atoms in total. The first-order chi connectivity index (χ1) is 11.5. The summed E-state index contributed by atoms with van der Waals surface area (Å²) in [6.45, 7) is 0.455. The van der Waals surface area contributed by atoms with Gasteiger partial charge in [-0.25, -0.2) is 0 Å². The van der Waals surface area contributed by atoms with E-state index in [0.717, 1.165) is 29.0 Å². The van der Waals surface area contributed by atoms with Crippen LogP contribution >= 0.6 is 11.3 Å². The topological polar surface area (TPSA) is 62.3 Å². The fourth-order valence-corrected chi connectivity index (χ4v) is 4.13. The van der Waals surface area contributed by atoms with E-state index in [-0.39, 0.29) is 17.7 Å². The molecule has 3 rings (SSSR count). The summed E-state index contributed by atoms with van der Waals surface area (Å²) in [4.78, 5) is 32.3. The highest BCUT2D eigenvalue weighted by Crippen LogP contribution is 2.33. The first-order valence-corrected chi connectivity index (χ1v) is 8.87. The van der Waals surface area contributed by atoms with E-state index in [4.69, 9.17) is 0 Å². The molecule has 1 aliphatic carbocycles. The van der Waals surface area contributed by atoms with Crippen LogP contribution in [0.25, 0.3) is 0 Å². The smallest absolute Gasteiger partial charge is 0.263 e. The van der Waals surface area contributed by atoms with Crippen molar-refractivity contribution in [3.05, 3.63) is 51.5 Å². The molecule has 0 unspecified atom stereocenters. The highest BCUT2D eigenvalue weighted by molar-refractivity contribution is 7.14. The van der Waals surface area contributed by atoms with E-state index >= 15 is 0 Å². The van der Waals surface area contributed by atoms with E-state index in [2.05, 4.69) is 10.3 Å². The van der Waals surface area contributed by atoms with Crippen LogP contribution in [0.5, 0.6) is 0 Å². The lowest BCUT2D eigenvalue weighted by atomic mass is 9.87. The minimum atomic E-state index is -0.0295. The van der Waals surface area contributed by atoms with Crippen LogP contribution in [-0.4, -0.2) is 35.8 Å². The number of nitrogens with one attached hydrogen (secondary N) is 1. The molecule has 0 saturated heterocycles. The van der Waals surface area contributed by atoms with Crippen LogP contribution in [0.4, 0.5) is 0 Å². The van der Waals surface area contributed by atoms with E-state index in [1.807, 2.05) is 24.3 Å². The first kappa shape index (κ1) is 16.6. The third kappa shape index (κ3) is 3.64. The number of carbonyl (C=O) groups excluding carboxylic acids is 2. The van der Waals surface area contributed by atoms with E-state index < -0.39 is 0 Å². The van der Waals surface area contributed by atoms with Crippen LogP contribution in [0.1, 0.15) is 32.2 Å². The normalized spacial score (nSPS) is 16.3. The Labute approximate surface area is 145 Å². The summed E-state index contributed by atoms with van der Waals surface area (Å²) in [7, 11) is 3.52. The van der Waals surface area contributed by atoms with Gasteiger partial charge >= 0.3 is 0 Å². The standard InChI is InChI=1S/C18H21N3O2S/c1-21(2)18(23)16-10-13-9-12(6-7-15(13)24-16)17(22)20-11-14-5-3-4-8-19-14/h3-5,8,10,12H,6-7,9,11H2,1-2H3,(H,20,22)/t12-/m0/s1. The minimum Gasteiger partial charge on any atom is -0.350 e. The SMILES string of the molecule is CN(C)C(=O)c1cc2c(s1)CC[C@H](C(=O)NCc1ccccn1)C2. The molecule has 1 atom stereocenters. The molecule has 2 heterocycles. The zero-order valence-electron chi connectivity index (χ0n) is 13.9. The van der Waals surface area contributed by atoms with Crippen molar-refractivity contribution in [2.24, 2.45) is 5.92 Å². The number of hydrogen-bond donors (Lipinski definition) is 1. The van der Waals surface area contributed by atoms with Crippen LogP contribution in [-0.2, 0) is 24.2 Å². The highest BCUT2D eigenvalue weighted by atomic mass is 32.1. The second-order valence-corrected chi connectivity index (χ2v) is 7.37. The van der Waals surface area contributed by atoms with Crippen LogP contribution in [0.15, 0.2) is 30.5 Å². The third-order valence-corrected chi connectivity index (χ3v) is 5.47. The number of rotatable bonds is 4. The van der Waals surface area contributed by atoms with Crippen LogP contribution in [0.2, 0.25) is 0 Å². The molecule has 2 amide bonds. The van der Waals surface area contributed by atoms with Crippen LogP contribution in [0.3, 0.4) is 0 Å². The van der Waals surface area contributed by atoms with Gasteiger partial charge in [0.05, 0.1) is 17.1 Å². The number of carbonyl (C=O) groups is 2. The Morgan fingerprint density at radius 3 is 2.92 bits per heavy atom. The number of amides is 2. The number of nitrogens with zero attached hydrogens (tertiary/aromatic N) is 2. The van der Waals surface area contributed by atoms with Crippen LogP contribution in [0, 0.1) is 5.92 Å². The number of aryl methyl sites for hydroxylation is 1. The van der Waals surface area contributed by atoms with E-state index in [1.165, 1.54) is 4.88 Å². The molecule has 0 spiro atoms. The minimum absolute atomic E-state index is 0.0295. The summed E-state index contributed by atoms with van der Waals surface area (Å²) in [5, 5.41) is 2.97. The van der Waals surface area contributed by atoms with Gasteiger partial charge in [0.2, 0.25) is 5.91 Å². The Bertz CT molecular complexity index is 740. The fourth-order valence-electron chi connectivity index (χ4n) is 2.90. The number of aromatic nitrogens is 1. The quantitative estimate of drug-likeness (QED) is 0.926. The lowest BCUT2D eigenvalue weighted by molar-refractivity contribution is -0.125. The second kappa shape index (κ2) is 7.13. The second-order valence-electron chi connectivity index (χ2n) is 6.24. The molecule has 1 N–H and O–H groups in total. The molecular weight excluding hydrogens is 322 g/mol. The summed E-state index contributed by atoms with van der Waals surface area (Å²) in [6.07, 6.45) is 4.13. The molecule has 0 aromatic carbocycles. The average molecular weight is 343 g/mol. The molecule has 0 bridgehead atoms. The Morgan fingerprint density at radius 2 is 2.21 bits per heavy atom. The molecule has 6 heteroatoms. The van der Waals surface area contributed by atoms with Crippen molar-refractivity contribution < 1.29 is 9.59 Å². The third-order valence-electron chi connectivity index (χ3n) is 4.24. The van der Waals surface area contributed by atoms with Gasteiger partial charge in [-0.05, 0) is 43.0 Å². The predicted molar refractivity (Wildman–Crippen MR) is 93.9 cm³/mol. The van der Waals surface area contributed by atoms with Gasteiger partial charge in [0, 0.05) is 31.1 Å². The van der Waals surface area contributed by atoms with Gasteiger partial charge in [0.1, 0.15) is 0 Å². The number of fused-ring (bicyclic) bond motifs is 1. The molecule has 0 radical (unpaired) electrons. The van der Waals surface area contributed by atoms with Gasteiger partial charge in [0.15, 0.2) is 0 Å². The van der Waals surface area contributed by atoms with Crippen LogP contribution < -0.4 is 5.32 Å². The average Bonchev–Trinajstić information content (AvgIpc) is 3.02. The Hall–Kier alpha value is -2.21. The molecule has 0 saturated carbocycles. The molecule has 2 aromatic heterocycles. The zero-order valence-corrected chi connectivity index (χ0v) is 14.7. The summed E-state index contributed by atoms with van der Waals surface area (Å²) in [5.74, 6) is 0.0710. The maximum atomic E-state index is 12.4. The largest absolute Gasteiger partial charge is 0.350 e. The Morgan fingerprint density at radius 1 is 1.38 bits per heavy atom. The molecule has 126 valence electrons. The van der Waals surface area contributed by atoms with Crippen molar-refractivity contribution in [3.63, 3.8) is 0 Å². The van der Waals surface area contributed by atoms with Crippen molar-refractivity contribution in [2.45, 2.75) is 25.8 Å². The molecule has 24 heavy (non-hydrogen) atoms. The van der Waals surface area contributed by atoms with Gasteiger partial charge in [-0.2, -0.15) is 0 Å². The predicted octanol–water partition coefficient (Wildman–Crippen LogP) is 2.27. The lowest BCUT2D eigenvalue weighted by Crippen LogP contribution is -2.33. The van der Waals surface area contributed by atoms with Gasteiger partial charge in [-0.3, -0.25) is 14.6 Å². The maximum absolute atomic E-state index is 12.4. The Balaban J connectivity index is 1.62. The van der Waals surface area contributed by atoms with E-state index in [0.29, 0.717) is 13.0 Å². The van der Waals surface area contributed by atoms with Gasteiger partial charge in [0.25, 0.3) is 5.91 Å². The molecule has 0 fully saturated rings. The number of thiophene rings is 1. The highest BCUT2D eigenvalue weighted by Gasteiger charge is 2.27. The van der Waals surface area contributed by atoms with Gasteiger partial charge in [-0.15, -0.1) is 11.3 Å². The summed E-state index contributed by atoms with van der Waals surface area (Å²) in [6, 6.07) is 7.63. The van der Waals surface area contributed by atoms with Gasteiger partial charge in [-0.1, -0.05) is 6.07 Å². The van der Waals surface area contributed by atoms with E-state index in [1.54, 1.807) is 36.5 Å². The summed E-state index contributed by atoms with van der Waals surface area (Å²) in [5.41, 5.74) is 2.01. The number of hydrogen-bond acceptors (Lipinski definition) is 4. The van der Waals surface area contributed by atoms with Crippen molar-refractivity contribution in [1.29, 1.82) is 0 Å². The van der Waals surface area contributed by atoms with Crippen molar-refractivity contribution in [1.82, 2.24) is 15.2 Å². The Kier molecular flexibility index (Phi) is 4.94. The molecular formula is C18H21N3O2S. The first-order valence-electron chi connectivity index (χ1n) is 8.05. The van der Waals surface area contributed by atoms with Crippen molar-refractivity contribution >= 4 is 23.2 Å². The molecule has 1 aliphatic rings. The van der Waals surface area contributed by atoms with Crippen molar-refractivity contribution in [2.75, 3.05) is 14.1 Å². The monoisotopic (exact) mass is 343 g/mol. The number of pyridine rings is 1. The fraction of sp³-hybridized carbons (Fsp3) is 0.389. The zero-order chi connectivity index (χ0) is 17.1. The molecule has 0 aliphatic heterocycles. The summed E-state index contributed by atoms with van der Waals surface area (Å²) >= 11 is 1.56. The van der Waals surface area contributed by atoms with Gasteiger partial charge < -0.3 is 10.2 Å². The maximum Gasteiger partial charge on any atom is 0.263 e. The summed E-state index contributed by atoms with van der Waals surface area (Å²) < 4.78 is 0. The molecule has 2 aromatic rings. The van der Waals surface area contributed by atoms with Crippen molar-refractivity contribution in [3.8, 4) is 0 Å².